The van der Waals surface area contributed by atoms with Crippen LogP contribution in [0.2, 0.25) is 0 Å². The first-order chi connectivity index (χ1) is 10.3. The number of aromatic nitrogens is 1. The number of benzene rings is 2. The topological polar surface area (TPSA) is 54.1 Å². The van der Waals surface area contributed by atoms with Crippen molar-refractivity contribution in [1.29, 1.82) is 0 Å². The van der Waals surface area contributed by atoms with Crippen LogP contribution in [0.4, 0.5) is 5.69 Å². The van der Waals surface area contributed by atoms with E-state index in [2.05, 4.69) is 10.3 Å². The molecule has 2 aromatic carbocycles. The molecule has 0 radical (unpaired) electrons. The van der Waals surface area contributed by atoms with Crippen LogP contribution in [-0.2, 0) is 11.3 Å². The highest BCUT2D eigenvalue weighted by Crippen LogP contribution is 2.17. The van der Waals surface area contributed by atoms with E-state index in [0.717, 1.165) is 22.2 Å². The van der Waals surface area contributed by atoms with Crippen molar-refractivity contribution in [2.24, 2.45) is 0 Å². The number of carbonyl (C=O) groups is 1. The smallest absolute Gasteiger partial charge is 0.272 e. The lowest BCUT2D eigenvalue weighted by atomic mass is 10.2. The van der Waals surface area contributed by atoms with Gasteiger partial charge in [0, 0.05) is 23.7 Å². The minimum atomic E-state index is -0.152. The maximum atomic E-state index is 12.3. The summed E-state index contributed by atoms with van der Waals surface area (Å²) in [5, 5.41) is 3.92. The van der Waals surface area contributed by atoms with Gasteiger partial charge in [-0.15, -0.1) is 0 Å². The van der Waals surface area contributed by atoms with Gasteiger partial charge in [-0.05, 0) is 29.8 Å². The van der Waals surface area contributed by atoms with Gasteiger partial charge < -0.3 is 15.0 Å². The average Bonchev–Trinajstić information content (AvgIpc) is 2.92. The normalized spacial score (nSPS) is 10.7. The molecule has 0 aliphatic carbocycles. The van der Waals surface area contributed by atoms with Gasteiger partial charge in [0.25, 0.3) is 5.91 Å². The van der Waals surface area contributed by atoms with Gasteiger partial charge in [-0.3, -0.25) is 4.79 Å². The fraction of sp³-hybridized carbons (Fsp3) is 0.118. The van der Waals surface area contributed by atoms with Crippen molar-refractivity contribution in [3.05, 3.63) is 65.9 Å². The molecule has 0 spiro atoms. The van der Waals surface area contributed by atoms with Gasteiger partial charge in [-0.25, -0.2) is 0 Å². The van der Waals surface area contributed by atoms with Crippen molar-refractivity contribution in [3.63, 3.8) is 0 Å². The highest BCUT2D eigenvalue weighted by atomic mass is 16.5. The van der Waals surface area contributed by atoms with Crippen LogP contribution in [0.1, 0.15) is 16.1 Å². The number of hydrogen-bond donors (Lipinski definition) is 2. The molecule has 4 heteroatoms. The van der Waals surface area contributed by atoms with E-state index in [1.165, 1.54) is 0 Å². The number of nitrogens with one attached hydrogen (secondary N) is 2. The quantitative estimate of drug-likeness (QED) is 0.767. The molecule has 0 saturated carbocycles. The summed E-state index contributed by atoms with van der Waals surface area (Å²) in [6, 6.07) is 17.3. The Labute approximate surface area is 122 Å². The fourth-order valence-electron chi connectivity index (χ4n) is 2.30. The molecule has 0 atom stereocenters. The van der Waals surface area contributed by atoms with E-state index in [4.69, 9.17) is 4.74 Å². The Morgan fingerprint density at radius 3 is 2.81 bits per heavy atom. The van der Waals surface area contributed by atoms with E-state index >= 15 is 0 Å². The predicted octanol–water partition coefficient (Wildman–Crippen LogP) is 3.57. The average molecular weight is 280 g/mol. The number of carbonyl (C=O) groups excluding carboxylic acids is 1. The van der Waals surface area contributed by atoms with Crippen LogP contribution in [0.3, 0.4) is 0 Å². The minimum Gasteiger partial charge on any atom is -0.380 e. The fourth-order valence-corrected chi connectivity index (χ4v) is 2.30. The molecule has 0 unspecified atom stereocenters. The van der Waals surface area contributed by atoms with E-state index < -0.39 is 0 Å². The molecule has 0 bridgehead atoms. The van der Waals surface area contributed by atoms with Gasteiger partial charge in [0.1, 0.15) is 5.69 Å². The second-order valence-corrected chi connectivity index (χ2v) is 4.86. The summed E-state index contributed by atoms with van der Waals surface area (Å²) in [6.07, 6.45) is 0. The lowest BCUT2D eigenvalue weighted by molar-refractivity contribution is 0.102. The minimum absolute atomic E-state index is 0.152. The molecular formula is C17H16N2O2. The Bertz CT molecular complexity index is 744. The number of fused-ring (bicyclic) bond motifs is 1. The molecule has 0 saturated heterocycles. The third kappa shape index (κ3) is 2.95. The van der Waals surface area contributed by atoms with Gasteiger partial charge in [-0.2, -0.15) is 0 Å². The maximum Gasteiger partial charge on any atom is 0.272 e. The number of aromatic amines is 1. The monoisotopic (exact) mass is 280 g/mol. The number of hydrogen-bond acceptors (Lipinski definition) is 2. The molecule has 0 aliphatic rings. The predicted molar refractivity (Wildman–Crippen MR) is 83.4 cm³/mol. The number of para-hydroxylation sites is 1. The van der Waals surface area contributed by atoms with Gasteiger partial charge in [0.2, 0.25) is 0 Å². The van der Waals surface area contributed by atoms with E-state index in [1.54, 1.807) is 7.11 Å². The third-order valence-corrected chi connectivity index (χ3v) is 3.27. The van der Waals surface area contributed by atoms with Gasteiger partial charge in [-0.1, -0.05) is 30.3 Å². The third-order valence-electron chi connectivity index (χ3n) is 3.27. The highest BCUT2D eigenvalue weighted by Gasteiger charge is 2.09. The standard InChI is InChI=1S/C17H16N2O2/c1-21-11-12-5-4-7-14(9-12)18-17(20)16-10-13-6-2-3-8-15(13)19-16/h2-10,19H,11H2,1H3,(H,18,20). The van der Waals surface area contributed by atoms with Crippen LogP contribution >= 0.6 is 0 Å². The molecule has 2 N–H and O–H groups in total. The first kappa shape index (κ1) is 13.4. The summed E-state index contributed by atoms with van der Waals surface area (Å²) in [4.78, 5) is 15.4. The second-order valence-electron chi connectivity index (χ2n) is 4.86. The molecule has 3 aromatic rings. The van der Waals surface area contributed by atoms with Crippen molar-refractivity contribution in [1.82, 2.24) is 4.98 Å². The number of anilines is 1. The second kappa shape index (κ2) is 5.81. The number of rotatable bonds is 4. The van der Waals surface area contributed by atoms with Gasteiger partial charge in [0.15, 0.2) is 0 Å². The molecular weight excluding hydrogens is 264 g/mol. The number of H-pyrrole nitrogens is 1. The summed E-state index contributed by atoms with van der Waals surface area (Å²) in [7, 11) is 1.65. The van der Waals surface area contributed by atoms with E-state index in [1.807, 2.05) is 54.6 Å². The number of ether oxygens (including phenoxy) is 1. The summed E-state index contributed by atoms with van der Waals surface area (Å²) in [5.74, 6) is -0.152. The number of methoxy groups -OCH3 is 1. The van der Waals surface area contributed by atoms with Crippen LogP contribution in [0.25, 0.3) is 10.9 Å². The van der Waals surface area contributed by atoms with Gasteiger partial charge >= 0.3 is 0 Å². The Morgan fingerprint density at radius 1 is 1.14 bits per heavy atom. The largest absolute Gasteiger partial charge is 0.380 e. The summed E-state index contributed by atoms with van der Waals surface area (Å²) in [5.41, 5.74) is 3.28. The van der Waals surface area contributed by atoms with Gasteiger partial charge in [0.05, 0.1) is 6.61 Å². The van der Waals surface area contributed by atoms with E-state index in [0.29, 0.717) is 12.3 Å². The zero-order valence-electron chi connectivity index (χ0n) is 11.7. The Kier molecular flexibility index (Phi) is 3.71. The first-order valence-corrected chi connectivity index (χ1v) is 6.73. The van der Waals surface area contributed by atoms with Crippen LogP contribution in [0.5, 0.6) is 0 Å². The lowest BCUT2D eigenvalue weighted by Gasteiger charge is -2.06. The summed E-state index contributed by atoms with van der Waals surface area (Å²) >= 11 is 0. The molecule has 3 rings (SSSR count). The van der Waals surface area contributed by atoms with Crippen LogP contribution in [0, 0.1) is 0 Å². The first-order valence-electron chi connectivity index (χ1n) is 6.73. The molecule has 1 amide bonds. The van der Waals surface area contributed by atoms with Crippen molar-refractivity contribution in [3.8, 4) is 0 Å². The Morgan fingerprint density at radius 2 is 2.00 bits per heavy atom. The van der Waals surface area contributed by atoms with Crippen molar-refractivity contribution >= 4 is 22.5 Å². The SMILES string of the molecule is COCc1cccc(NC(=O)c2cc3ccccc3[nH]2)c1. The number of amides is 1. The van der Waals surface area contributed by atoms with Crippen molar-refractivity contribution < 1.29 is 9.53 Å². The molecule has 4 nitrogen and oxygen atoms in total. The van der Waals surface area contributed by atoms with Crippen LogP contribution in [-0.4, -0.2) is 18.0 Å². The molecule has 0 aliphatic heterocycles. The summed E-state index contributed by atoms with van der Waals surface area (Å²) in [6.45, 7) is 0.524. The van der Waals surface area contributed by atoms with E-state index in [9.17, 15) is 4.79 Å². The molecule has 0 fully saturated rings. The molecule has 106 valence electrons. The molecule has 1 heterocycles. The van der Waals surface area contributed by atoms with Crippen molar-refractivity contribution in [2.75, 3.05) is 12.4 Å². The van der Waals surface area contributed by atoms with E-state index in [-0.39, 0.29) is 5.91 Å². The highest BCUT2D eigenvalue weighted by molar-refractivity contribution is 6.05. The Balaban J connectivity index is 1.80. The molecule has 1 aromatic heterocycles. The Hall–Kier alpha value is -2.59. The summed E-state index contributed by atoms with van der Waals surface area (Å²) < 4.78 is 5.09. The van der Waals surface area contributed by atoms with Crippen LogP contribution < -0.4 is 5.32 Å². The molecule has 21 heavy (non-hydrogen) atoms. The maximum absolute atomic E-state index is 12.3. The zero-order chi connectivity index (χ0) is 14.7. The van der Waals surface area contributed by atoms with Crippen molar-refractivity contribution in [2.45, 2.75) is 6.61 Å². The zero-order valence-corrected chi connectivity index (χ0v) is 11.7. The lowest BCUT2D eigenvalue weighted by Crippen LogP contribution is -2.12. The van der Waals surface area contributed by atoms with Crippen LogP contribution in [0.15, 0.2) is 54.6 Å².